The maximum absolute atomic E-state index is 15.6. The van der Waals surface area contributed by atoms with E-state index in [1.807, 2.05) is 4.98 Å². The molecule has 1 aromatic carbocycles. The third-order valence-electron chi connectivity index (χ3n) is 4.91. The number of carbonyl (C=O) groups is 1. The van der Waals surface area contributed by atoms with Crippen LogP contribution in [0, 0.1) is 0 Å². The zero-order chi connectivity index (χ0) is 26.7. The molecule has 1 saturated heterocycles. The average molecular weight is 549 g/mol. The first-order valence-corrected chi connectivity index (χ1v) is 13.5. The molecular weight excluding hydrogens is 523 g/mol. The Balaban J connectivity index is 1.81. The summed E-state index contributed by atoms with van der Waals surface area (Å²) in [5, 5.41) is 12.9. The zero-order valence-corrected chi connectivity index (χ0v) is 21.2. The first-order valence-electron chi connectivity index (χ1n) is 10.8. The quantitative estimate of drug-likeness (QED) is 0.296. The summed E-state index contributed by atoms with van der Waals surface area (Å²) in [6.07, 6.45) is -6.20. The Labute approximate surface area is 209 Å². The maximum atomic E-state index is 15.6. The average Bonchev–Trinajstić information content (AvgIpc) is 3.02. The van der Waals surface area contributed by atoms with Crippen LogP contribution in [0.4, 0.5) is 8.78 Å². The van der Waals surface area contributed by atoms with Gasteiger partial charge in [0.15, 0.2) is 18.5 Å². The summed E-state index contributed by atoms with van der Waals surface area (Å²) in [6, 6.07) is 7.98. The van der Waals surface area contributed by atoms with E-state index < -0.39 is 67.0 Å². The SMILES string of the molecule is CC(C)OC(=O)[C@@H](C)NP(=S)(OC[C@@]1(F)O[C@@H](n2ccc(=O)[nH]c2=O)[C@@H](F)[C@@H]1O)Oc1ccccc1. The Bertz CT molecular complexity index is 1230. The highest BCUT2D eigenvalue weighted by molar-refractivity contribution is 8.09. The van der Waals surface area contributed by atoms with Gasteiger partial charge in [-0.25, -0.2) is 18.7 Å². The van der Waals surface area contributed by atoms with Crippen molar-refractivity contribution in [2.45, 2.75) is 57.3 Å². The molecule has 1 aliphatic heterocycles. The van der Waals surface area contributed by atoms with Crippen LogP contribution in [0.15, 0.2) is 52.2 Å². The fraction of sp³-hybridized carbons (Fsp3) is 0.476. The third kappa shape index (κ3) is 6.64. The highest BCUT2D eigenvalue weighted by Crippen LogP contribution is 2.48. The number of esters is 1. The van der Waals surface area contributed by atoms with Gasteiger partial charge in [-0.3, -0.25) is 19.1 Å². The molecule has 0 bridgehead atoms. The summed E-state index contributed by atoms with van der Waals surface area (Å²) in [6.45, 7) is -0.106. The molecule has 3 rings (SSSR count). The number of hydrogen-bond donors (Lipinski definition) is 3. The van der Waals surface area contributed by atoms with E-state index in [1.165, 1.54) is 6.92 Å². The number of benzene rings is 1. The van der Waals surface area contributed by atoms with Crippen LogP contribution in [0.1, 0.15) is 27.0 Å². The van der Waals surface area contributed by atoms with Gasteiger partial charge in [0.25, 0.3) is 11.4 Å². The Morgan fingerprint density at radius 2 is 1.97 bits per heavy atom. The molecular formula is C21H26F2N3O8PS. The van der Waals surface area contributed by atoms with Gasteiger partial charge in [-0.05, 0) is 44.7 Å². The van der Waals surface area contributed by atoms with Crippen molar-refractivity contribution in [2.24, 2.45) is 0 Å². The number of alkyl halides is 2. The van der Waals surface area contributed by atoms with Gasteiger partial charge in [0.2, 0.25) is 0 Å². The van der Waals surface area contributed by atoms with Gasteiger partial charge in [0, 0.05) is 12.3 Å². The van der Waals surface area contributed by atoms with Crippen molar-refractivity contribution in [3.63, 3.8) is 0 Å². The summed E-state index contributed by atoms with van der Waals surface area (Å²) in [7, 11) is 0. The van der Waals surface area contributed by atoms with E-state index in [0.717, 1.165) is 12.3 Å². The van der Waals surface area contributed by atoms with Crippen molar-refractivity contribution in [1.29, 1.82) is 0 Å². The molecule has 1 fully saturated rings. The number of aliphatic hydroxyl groups is 1. The first-order chi connectivity index (χ1) is 16.8. The minimum Gasteiger partial charge on any atom is -0.462 e. The lowest BCUT2D eigenvalue weighted by atomic mass is 10.1. The molecule has 0 saturated carbocycles. The van der Waals surface area contributed by atoms with Crippen LogP contribution in [0.5, 0.6) is 5.75 Å². The molecule has 1 aromatic heterocycles. The van der Waals surface area contributed by atoms with Gasteiger partial charge < -0.3 is 23.6 Å². The smallest absolute Gasteiger partial charge is 0.330 e. The molecule has 11 nitrogen and oxygen atoms in total. The molecule has 0 aliphatic carbocycles. The minimum atomic E-state index is -3.73. The normalized spacial score (nSPS) is 26.4. The van der Waals surface area contributed by atoms with Crippen molar-refractivity contribution in [3.8, 4) is 5.75 Å². The lowest BCUT2D eigenvalue weighted by molar-refractivity contribution is -0.203. The largest absolute Gasteiger partial charge is 0.462 e. The van der Waals surface area contributed by atoms with E-state index in [0.29, 0.717) is 4.57 Å². The van der Waals surface area contributed by atoms with E-state index in [2.05, 4.69) is 5.09 Å². The molecule has 0 spiro atoms. The van der Waals surface area contributed by atoms with Gasteiger partial charge in [0.1, 0.15) is 18.4 Å². The lowest BCUT2D eigenvalue weighted by Gasteiger charge is -2.30. The summed E-state index contributed by atoms with van der Waals surface area (Å²) in [5.41, 5.74) is -1.82. The van der Waals surface area contributed by atoms with Crippen LogP contribution in [-0.4, -0.2) is 57.5 Å². The van der Waals surface area contributed by atoms with Crippen molar-refractivity contribution >= 4 is 24.4 Å². The molecule has 0 amide bonds. The van der Waals surface area contributed by atoms with E-state index >= 15 is 4.39 Å². The Morgan fingerprint density at radius 3 is 2.58 bits per heavy atom. The van der Waals surface area contributed by atoms with Gasteiger partial charge in [-0.1, -0.05) is 18.2 Å². The Kier molecular flexibility index (Phi) is 8.80. The van der Waals surface area contributed by atoms with Crippen LogP contribution in [0.3, 0.4) is 0 Å². The number of aromatic nitrogens is 2. The number of halogens is 2. The van der Waals surface area contributed by atoms with Gasteiger partial charge in [-0.2, -0.15) is 0 Å². The molecule has 1 aliphatic rings. The predicted octanol–water partition coefficient (Wildman–Crippen LogP) is 1.68. The first kappa shape index (κ1) is 28.1. The van der Waals surface area contributed by atoms with E-state index in [9.17, 15) is 23.9 Å². The number of ether oxygens (including phenoxy) is 2. The molecule has 2 heterocycles. The molecule has 15 heteroatoms. The van der Waals surface area contributed by atoms with Gasteiger partial charge >= 0.3 is 18.3 Å². The fourth-order valence-corrected chi connectivity index (χ4v) is 5.59. The monoisotopic (exact) mass is 549 g/mol. The lowest BCUT2D eigenvalue weighted by Crippen LogP contribution is -2.43. The van der Waals surface area contributed by atoms with Crippen LogP contribution in [0.2, 0.25) is 0 Å². The number of para-hydroxylation sites is 1. The Morgan fingerprint density at radius 1 is 1.31 bits per heavy atom. The third-order valence-corrected chi connectivity index (χ3v) is 7.39. The summed E-state index contributed by atoms with van der Waals surface area (Å²) in [4.78, 5) is 37.5. The second kappa shape index (κ2) is 11.3. The van der Waals surface area contributed by atoms with E-state index in [4.69, 9.17) is 30.3 Å². The van der Waals surface area contributed by atoms with Crippen LogP contribution < -0.4 is 20.9 Å². The number of nitrogens with zero attached hydrogens (tertiary/aromatic N) is 1. The second-order valence-electron chi connectivity index (χ2n) is 8.21. The molecule has 2 aromatic rings. The van der Waals surface area contributed by atoms with Crippen LogP contribution in [0.25, 0.3) is 0 Å². The molecule has 3 N–H and O–H groups in total. The number of aliphatic hydroxyl groups excluding tert-OH is 1. The van der Waals surface area contributed by atoms with Gasteiger partial charge in [0.05, 0.1) is 6.10 Å². The van der Waals surface area contributed by atoms with Crippen molar-refractivity contribution in [2.75, 3.05) is 6.61 Å². The Hall–Kier alpha value is -2.48. The highest BCUT2D eigenvalue weighted by atomic mass is 32.5. The number of carbonyl (C=O) groups excluding carboxylic acids is 1. The number of nitrogens with one attached hydrogen (secondary N) is 2. The fourth-order valence-electron chi connectivity index (χ4n) is 3.19. The molecule has 36 heavy (non-hydrogen) atoms. The zero-order valence-electron chi connectivity index (χ0n) is 19.5. The van der Waals surface area contributed by atoms with Crippen molar-refractivity contribution in [3.05, 3.63) is 63.4 Å². The van der Waals surface area contributed by atoms with Crippen LogP contribution >= 0.6 is 6.64 Å². The predicted molar refractivity (Wildman–Crippen MR) is 127 cm³/mol. The molecule has 0 radical (unpaired) electrons. The van der Waals surface area contributed by atoms with Crippen LogP contribution in [-0.2, 0) is 30.6 Å². The topological polar surface area (TPSA) is 141 Å². The standard InChI is InChI=1S/C21H26F2N3O8PS/c1-12(2)32-19(29)13(3)25-35(36,34-14-7-5-4-6-8-14)31-11-21(23)17(28)16(22)18(33-21)26-10-9-15(27)24-20(26)30/h4-10,12-13,16-18,28H,11H2,1-3H3,(H,25,36)(H,24,27,30)/t13-,16+,17+,18-,21-,35?/m1/s1. The van der Waals surface area contributed by atoms with E-state index in [1.54, 1.807) is 44.2 Å². The number of H-pyrrole nitrogens is 1. The van der Waals surface area contributed by atoms with Crippen molar-refractivity contribution < 1.29 is 37.2 Å². The number of hydrogen-bond acceptors (Lipinski definition) is 9. The number of aromatic amines is 1. The summed E-state index contributed by atoms with van der Waals surface area (Å²) in [5.74, 6) is -3.60. The number of rotatable bonds is 10. The minimum absolute atomic E-state index is 0.236. The van der Waals surface area contributed by atoms with E-state index in [-0.39, 0.29) is 5.75 Å². The summed E-state index contributed by atoms with van der Waals surface area (Å²) >= 11 is 5.46. The molecule has 6 atom stereocenters. The maximum Gasteiger partial charge on any atom is 0.330 e. The summed E-state index contributed by atoms with van der Waals surface area (Å²) < 4.78 is 52.4. The molecule has 1 unspecified atom stereocenters. The van der Waals surface area contributed by atoms with Crippen molar-refractivity contribution in [1.82, 2.24) is 14.6 Å². The second-order valence-corrected chi connectivity index (χ2v) is 11.3. The highest BCUT2D eigenvalue weighted by Gasteiger charge is 2.58. The van der Waals surface area contributed by atoms with Gasteiger partial charge in [-0.15, -0.1) is 0 Å². The molecule has 198 valence electrons.